The summed E-state index contributed by atoms with van der Waals surface area (Å²) in [6, 6.07) is 9.18. The Morgan fingerprint density at radius 3 is 2.39 bits per heavy atom. The first-order chi connectivity index (χ1) is 13.7. The molecule has 1 radical (unpaired) electrons. The molecule has 0 unspecified atom stereocenters. The number of rotatable bonds is 8. The first-order valence-corrected chi connectivity index (χ1v) is 11.4. The molecule has 2 saturated carbocycles. The van der Waals surface area contributed by atoms with Crippen molar-refractivity contribution in [2.45, 2.75) is 102 Å². The second-order valence-corrected chi connectivity index (χ2v) is 8.76. The molecule has 155 valence electrons. The van der Waals surface area contributed by atoms with E-state index in [9.17, 15) is 9.18 Å². The third-order valence-corrected chi connectivity index (χ3v) is 6.61. The van der Waals surface area contributed by atoms with Crippen molar-refractivity contribution in [1.29, 1.82) is 0 Å². The minimum atomic E-state index is -1.46. The second kappa shape index (κ2) is 11.0. The summed E-state index contributed by atoms with van der Waals surface area (Å²) < 4.78 is 19.0. The number of alkyl halides is 1. The summed E-state index contributed by atoms with van der Waals surface area (Å²) in [7, 11) is 0. The van der Waals surface area contributed by atoms with Crippen molar-refractivity contribution in [3.63, 3.8) is 0 Å². The van der Waals surface area contributed by atoms with Gasteiger partial charge in [0, 0.05) is 0 Å². The van der Waals surface area contributed by atoms with Crippen LogP contribution in [-0.2, 0) is 16.0 Å². The van der Waals surface area contributed by atoms with Gasteiger partial charge in [0.25, 0.3) is 0 Å². The number of hydrogen-bond acceptors (Lipinski definition) is 2. The average Bonchev–Trinajstić information content (AvgIpc) is 2.74. The molecule has 2 aliphatic carbocycles. The molecule has 0 spiro atoms. The monoisotopic (exact) mass is 387 g/mol. The molecule has 3 heteroatoms. The highest BCUT2D eigenvalue weighted by Crippen LogP contribution is 2.35. The molecule has 1 aromatic carbocycles. The lowest BCUT2D eigenvalue weighted by molar-refractivity contribution is -0.157. The van der Waals surface area contributed by atoms with E-state index >= 15 is 0 Å². The van der Waals surface area contributed by atoms with Gasteiger partial charge in [0.2, 0.25) is 0 Å². The molecule has 0 N–H and O–H groups in total. The maximum Gasteiger partial charge on any atom is 0.340 e. The smallest absolute Gasteiger partial charge is 0.340 e. The van der Waals surface area contributed by atoms with E-state index in [-0.39, 0.29) is 12.5 Å². The van der Waals surface area contributed by atoms with E-state index < -0.39 is 12.1 Å². The number of aryl methyl sites for hydroxylation is 1. The van der Waals surface area contributed by atoms with Gasteiger partial charge in [-0.2, -0.15) is 0 Å². The van der Waals surface area contributed by atoms with Crippen LogP contribution < -0.4 is 0 Å². The Kier molecular flexibility index (Phi) is 8.36. The Labute approximate surface area is 170 Å². The number of carbonyl (C=O) groups is 1. The van der Waals surface area contributed by atoms with Gasteiger partial charge in [-0.25, -0.2) is 9.18 Å². The van der Waals surface area contributed by atoms with Crippen LogP contribution >= 0.6 is 0 Å². The molecule has 0 amide bonds. The van der Waals surface area contributed by atoms with Crippen molar-refractivity contribution >= 4 is 5.97 Å². The molecule has 0 bridgehead atoms. The third kappa shape index (κ3) is 6.32. The standard InChI is InChI=1S/C25H36FO2/c1-2-6-24(26)25(27)28-23-17-15-22(16-18-23)21-13-11-20(12-14-21)10-9-19-7-4-3-5-8-19/h3,11-14,19,22-24H,2,4-10,15-18H2,1H3/t22-,23-,24-/m0/s1. The van der Waals surface area contributed by atoms with Gasteiger partial charge < -0.3 is 4.74 Å². The van der Waals surface area contributed by atoms with Gasteiger partial charge in [-0.1, -0.05) is 50.5 Å². The Bertz CT molecular complexity index is 583. The maximum absolute atomic E-state index is 13.6. The van der Waals surface area contributed by atoms with E-state index in [1.165, 1.54) is 49.7 Å². The van der Waals surface area contributed by atoms with Crippen molar-refractivity contribution in [1.82, 2.24) is 0 Å². The molecule has 2 aliphatic rings. The quantitative estimate of drug-likeness (QED) is 0.463. The molecule has 3 rings (SSSR count). The third-order valence-electron chi connectivity index (χ3n) is 6.61. The topological polar surface area (TPSA) is 26.3 Å². The number of ether oxygens (including phenoxy) is 1. The summed E-state index contributed by atoms with van der Waals surface area (Å²) >= 11 is 0. The predicted octanol–water partition coefficient (Wildman–Crippen LogP) is 6.72. The molecule has 0 aliphatic heterocycles. The number of halogens is 1. The molecule has 0 aromatic heterocycles. The van der Waals surface area contributed by atoms with Crippen molar-refractivity contribution in [3.05, 3.63) is 41.8 Å². The van der Waals surface area contributed by atoms with Crippen molar-refractivity contribution in [2.24, 2.45) is 5.92 Å². The van der Waals surface area contributed by atoms with Gasteiger partial charge in [-0.05, 0) is 87.2 Å². The number of benzene rings is 1. The average molecular weight is 388 g/mol. The minimum Gasteiger partial charge on any atom is -0.460 e. The van der Waals surface area contributed by atoms with E-state index in [0.717, 1.165) is 31.6 Å². The number of hydrogen-bond donors (Lipinski definition) is 0. The number of carbonyl (C=O) groups excluding carboxylic acids is 1. The van der Waals surface area contributed by atoms with E-state index in [1.54, 1.807) is 0 Å². The number of esters is 1. The summed E-state index contributed by atoms with van der Waals surface area (Å²) in [5.41, 5.74) is 2.85. The molecule has 2 nitrogen and oxygen atoms in total. The zero-order valence-electron chi connectivity index (χ0n) is 17.4. The molecule has 0 saturated heterocycles. The van der Waals surface area contributed by atoms with E-state index in [4.69, 9.17) is 4.74 Å². The molecule has 28 heavy (non-hydrogen) atoms. The van der Waals surface area contributed by atoms with Crippen LogP contribution in [0.5, 0.6) is 0 Å². The predicted molar refractivity (Wildman–Crippen MR) is 112 cm³/mol. The molecule has 1 atom stereocenters. The first-order valence-electron chi connectivity index (χ1n) is 11.4. The SMILES string of the molecule is CCC[C@H](F)C(=O)O[C@H]1CC[C@H](c2ccc(CCC3CC[CH]CC3)cc2)CC1. The lowest BCUT2D eigenvalue weighted by atomic mass is 9.82. The zero-order valence-corrected chi connectivity index (χ0v) is 17.4. The van der Waals surface area contributed by atoms with Crippen LogP contribution in [0.25, 0.3) is 0 Å². The molecular weight excluding hydrogens is 351 g/mol. The van der Waals surface area contributed by atoms with Crippen LogP contribution in [0, 0.1) is 12.3 Å². The normalized spacial score (nSPS) is 24.6. The van der Waals surface area contributed by atoms with Crippen LogP contribution in [0.4, 0.5) is 4.39 Å². The van der Waals surface area contributed by atoms with Gasteiger partial charge in [-0.15, -0.1) is 0 Å². The lowest BCUT2D eigenvalue weighted by Gasteiger charge is -2.29. The highest BCUT2D eigenvalue weighted by atomic mass is 19.1. The van der Waals surface area contributed by atoms with Crippen molar-refractivity contribution < 1.29 is 13.9 Å². The van der Waals surface area contributed by atoms with E-state index in [1.807, 2.05) is 6.92 Å². The summed E-state index contributed by atoms with van der Waals surface area (Å²) in [5.74, 6) is 0.782. The van der Waals surface area contributed by atoms with Crippen molar-refractivity contribution in [3.8, 4) is 0 Å². The van der Waals surface area contributed by atoms with Gasteiger partial charge in [0.05, 0.1) is 0 Å². The summed E-state index contributed by atoms with van der Waals surface area (Å²) in [5, 5.41) is 0. The molecule has 0 heterocycles. The van der Waals surface area contributed by atoms with Crippen LogP contribution in [0.3, 0.4) is 0 Å². The fourth-order valence-corrected chi connectivity index (χ4v) is 4.74. The second-order valence-electron chi connectivity index (χ2n) is 8.76. The molecule has 1 aromatic rings. The summed E-state index contributed by atoms with van der Waals surface area (Å²) in [6.45, 7) is 1.88. The van der Waals surface area contributed by atoms with Crippen LogP contribution in [0.2, 0.25) is 0 Å². The van der Waals surface area contributed by atoms with Gasteiger partial charge in [0.15, 0.2) is 6.17 Å². The minimum absolute atomic E-state index is 0.106. The summed E-state index contributed by atoms with van der Waals surface area (Å²) in [4.78, 5) is 11.8. The van der Waals surface area contributed by atoms with Gasteiger partial charge >= 0.3 is 5.97 Å². The zero-order chi connectivity index (χ0) is 19.8. The highest BCUT2D eigenvalue weighted by Gasteiger charge is 2.27. The largest absolute Gasteiger partial charge is 0.460 e. The van der Waals surface area contributed by atoms with Crippen LogP contribution in [0.15, 0.2) is 24.3 Å². The maximum atomic E-state index is 13.6. The summed E-state index contributed by atoms with van der Waals surface area (Å²) in [6.07, 6.45) is 13.4. The lowest BCUT2D eigenvalue weighted by Crippen LogP contribution is -2.28. The van der Waals surface area contributed by atoms with Gasteiger partial charge in [-0.3, -0.25) is 0 Å². The fraction of sp³-hybridized carbons (Fsp3) is 0.680. The highest BCUT2D eigenvalue weighted by molar-refractivity contribution is 5.74. The van der Waals surface area contributed by atoms with E-state index in [2.05, 4.69) is 30.7 Å². The Morgan fingerprint density at radius 1 is 1.07 bits per heavy atom. The van der Waals surface area contributed by atoms with Crippen molar-refractivity contribution in [2.75, 3.05) is 0 Å². The Balaban J connectivity index is 1.41. The van der Waals surface area contributed by atoms with Crippen LogP contribution in [-0.4, -0.2) is 18.2 Å². The Hall–Kier alpha value is -1.38. The molecular formula is C25H36FO2. The fourth-order valence-electron chi connectivity index (χ4n) is 4.74. The Morgan fingerprint density at radius 2 is 1.75 bits per heavy atom. The first kappa shape index (κ1) is 21.3. The molecule has 2 fully saturated rings. The van der Waals surface area contributed by atoms with E-state index in [0.29, 0.717) is 12.3 Å². The van der Waals surface area contributed by atoms with Gasteiger partial charge in [0.1, 0.15) is 6.10 Å². The van der Waals surface area contributed by atoms with Crippen LogP contribution in [0.1, 0.15) is 94.6 Å².